The molecule has 0 aliphatic carbocycles. The van der Waals surface area contributed by atoms with Crippen LogP contribution in [0.15, 0.2) is 22.4 Å². The molecule has 5 nitrogen and oxygen atoms in total. The summed E-state index contributed by atoms with van der Waals surface area (Å²) in [7, 11) is 0. The smallest absolute Gasteiger partial charge is 0.164 e. The van der Waals surface area contributed by atoms with Crippen molar-refractivity contribution in [2.24, 2.45) is 9.98 Å². The molecule has 1 unspecified atom stereocenters. The molecule has 14 heavy (non-hydrogen) atoms. The van der Waals surface area contributed by atoms with Crippen LogP contribution in [0.4, 0.5) is 0 Å². The Bertz CT molecular complexity index is 565. The lowest BCUT2D eigenvalue weighted by atomic mass is 10.4. The second-order valence-corrected chi connectivity index (χ2v) is 3.95. The molecule has 1 atom stereocenters. The number of nitrogens with zero attached hydrogens (tertiary/aromatic N) is 4. The van der Waals surface area contributed by atoms with Crippen LogP contribution < -0.4 is 10.6 Å². The minimum absolute atomic E-state index is 0.343. The lowest BCUT2D eigenvalue weighted by Gasteiger charge is -1.91. The summed E-state index contributed by atoms with van der Waals surface area (Å²) < 4.78 is 0. The van der Waals surface area contributed by atoms with Crippen LogP contribution >= 0.6 is 11.8 Å². The van der Waals surface area contributed by atoms with Crippen molar-refractivity contribution in [3.8, 4) is 0 Å². The van der Waals surface area contributed by atoms with Crippen LogP contribution in [0.1, 0.15) is 0 Å². The van der Waals surface area contributed by atoms with Crippen molar-refractivity contribution in [1.29, 1.82) is 0 Å². The molecular formula is C8H4N4OS. The van der Waals surface area contributed by atoms with Crippen molar-refractivity contribution in [2.75, 3.05) is 0 Å². The first-order valence-electron chi connectivity index (χ1n) is 3.98. The highest BCUT2D eigenvalue weighted by molar-refractivity contribution is 8.10. The largest absolute Gasteiger partial charge is 0.300 e. The monoisotopic (exact) mass is 204 g/mol. The molecule has 0 aromatic carbocycles. The van der Waals surface area contributed by atoms with Gasteiger partial charge in [0.25, 0.3) is 0 Å². The SMILES string of the molecule is O=CC1N=C2N=c3cnncc3=C2S1. The first-order valence-corrected chi connectivity index (χ1v) is 4.86. The maximum absolute atomic E-state index is 10.5. The number of hydrogen-bond acceptors (Lipinski definition) is 6. The summed E-state index contributed by atoms with van der Waals surface area (Å²) in [5.74, 6) is 0.636. The first kappa shape index (κ1) is 7.81. The topological polar surface area (TPSA) is 67.6 Å². The summed E-state index contributed by atoms with van der Waals surface area (Å²) in [5.41, 5.74) is 0. The summed E-state index contributed by atoms with van der Waals surface area (Å²) in [4.78, 5) is 19.9. The van der Waals surface area contributed by atoms with Gasteiger partial charge in [0.1, 0.15) is 0 Å². The van der Waals surface area contributed by atoms with Crippen LogP contribution in [0.2, 0.25) is 0 Å². The Morgan fingerprint density at radius 3 is 3.07 bits per heavy atom. The number of amidine groups is 1. The van der Waals surface area contributed by atoms with Crippen molar-refractivity contribution in [1.82, 2.24) is 10.2 Å². The fourth-order valence-corrected chi connectivity index (χ4v) is 2.33. The fraction of sp³-hybridized carbons (Fsp3) is 0.125. The number of thioether (sulfide) groups is 1. The minimum atomic E-state index is -0.343. The van der Waals surface area contributed by atoms with Crippen LogP contribution in [-0.2, 0) is 4.79 Å². The van der Waals surface area contributed by atoms with Gasteiger partial charge in [-0.3, -0.25) is 4.79 Å². The van der Waals surface area contributed by atoms with Gasteiger partial charge in [0.2, 0.25) is 0 Å². The van der Waals surface area contributed by atoms with Gasteiger partial charge in [-0.2, -0.15) is 10.2 Å². The van der Waals surface area contributed by atoms with E-state index in [4.69, 9.17) is 0 Å². The zero-order valence-electron chi connectivity index (χ0n) is 6.91. The van der Waals surface area contributed by atoms with Crippen LogP contribution in [0.3, 0.4) is 0 Å². The molecule has 0 saturated heterocycles. The van der Waals surface area contributed by atoms with Gasteiger partial charge in [-0.25, -0.2) is 9.98 Å². The van der Waals surface area contributed by atoms with Gasteiger partial charge in [0.15, 0.2) is 17.5 Å². The average Bonchev–Trinajstić information content (AvgIpc) is 2.73. The molecule has 6 heteroatoms. The lowest BCUT2D eigenvalue weighted by molar-refractivity contribution is -0.107. The lowest BCUT2D eigenvalue weighted by Crippen LogP contribution is -2.24. The Kier molecular flexibility index (Phi) is 1.51. The Hall–Kier alpha value is -1.56. The van der Waals surface area contributed by atoms with E-state index in [1.165, 1.54) is 11.8 Å². The van der Waals surface area contributed by atoms with Crippen LogP contribution in [0.5, 0.6) is 0 Å². The van der Waals surface area contributed by atoms with Crippen molar-refractivity contribution in [2.45, 2.75) is 5.37 Å². The number of fused-ring (bicyclic) bond motifs is 2. The molecule has 1 aromatic rings. The van der Waals surface area contributed by atoms with Crippen LogP contribution in [0, 0.1) is 0 Å². The fourth-order valence-electron chi connectivity index (χ4n) is 1.39. The molecule has 2 aliphatic rings. The minimum Gasteiger partial charge on any atom is -0.300 e. The molecule has 0 spiro atoms. The quantitative estimate of drug-likeness (QED) is 0.544. The molecule has 68 valence electrons. The molecule has 3 rings (SSSR count). The first-order chi connectivity index (χ1) is 6.88. The van der Waals surface area contributed by atoms with Crippen molar-refractivity contribution >= 4 is 28.8 Å². The molecule has 2 aliphatic heterocycles. The second kappa shape index (κ2) is 2.71. The Morgan fingerprint density at radius 1 is 1.36 bits per heavy atom. The predicted molar refractivity (Wildman–Crippen MR) is 51.1 cm³/mol. The van der Waals surface area contributed by atoms with Gasteiger partial charge >= 0.3 is 0 Å². The Labute approximate surface area is 82.7 Å². The predicted octanol–water partition coefficient (Wildman–Crippen LogP) is -1.11. The van der Waals surface area contributed by atoms with E-state index in [9.17, 15) is 4.79 Å². The summed E-state index contributed by atoms with van der Waals surface area (Å²) in [5, 5.41) is 8.88. The molecule has 0 saturated carbocycles. The van der Waals surface area contributed by atoms with Crippen molar-refractivity contribution in [3.63, 3.8) is 0 Å². The molecule has 0 bridgehead atoms. The summed E-state index contributed by atoms with van der Waals surface area (Å²) in [6.07, 6.45) is 4.06. The Balaban J connectivity index is 2.30. The zero-order valence-corrected chi connectivity index (χ0v) is 7.73. The van der Waals surface area contributed by atoms with Crippen LogP contribution in [0.25, 0.3) is 4.91 Å². The summed E-state index contributed by atoms with van der Waals surface area (Å²) >= 11 is 1.41. The second-order valence-electron chi connectivity index (χ2n) is 2.83. The highest BCUT2D eigenvalue weighted by Crippen LogP contribution is 2.31. The van der Waals surface area contributed by atoms with E-state index in [1.54, 1.807) is 12.4 Å². The maximum atomic E-state index is 10.5. The van der Waals surface area contributed by atoms with E-state index in [0.29, 0.717) is 5.84 Å². The molecule has 0 N–H and O–H groups in total. The van der Waals surface area contributed by atoms with Crippen LogP contribution in [-0.4, -0.2) is 27.7 Å². The summed E-state index contributed by atoms with van der Waals surface area (Å²) in [6, 6.07) is 0. The normalized spacial score (nSPS) is 22.4. The standard InChI is InChI=1S/C8H4N4OS/c13-3-6-12-8-7(14-6)4-1-9-10-2-5(4)11-8/h1-3,6H. The van der Waals surface area contributed by atoms with Gasteiger partial charge in [-0.1, -0.05) is 11.8 Å². The number of rotatable bonds is 1. The molecular weight excluding hydrogens is 200 g/mol. The molecule has 0 radical (unpaired) electrons. The number of aldehydes is 1. The number of aromatic nitrogens is 2. The third kappa shape index (κ3) is 0.941. The highest BCUT2D eigenvalue weighted by atomic mass is 32.2. The van der Waals surface area contributed by atoms with Gasteiger partial charge < -0.3 is 0 Å². The zero-order chi connectivity index (χ0) is 9.54. The molecule has 1 aromatic heterocycles. The number of carbonyl (C=O) groups excluding carboxylic acids is 1. The number of hydrogen-bond donors (Lipinski definition) is 0. The Morgan fingerprint density at radius 2 is 2.21 bits per heavy atom. The molecule has 3 heterocycles. The van der Waals surface area contributed by atoms with E-state index in [-0.39, 0.29) is 5.37 Å². The van der Waals surface area contributed by atoms with E-state index in [1.807, 2.05) is 0 Å². The van der Waals surface area contributed by atoms with Gasteiger partial charge in [-0.15, -0.1) is 0 Å². The average molecular weight is 204 g/mol. The number of aliphatic imine (C=N–C) groups is 1. The highest BCUT2D eigenvalue weighted by Gasteiger charge is 2.26. The van der Waals surface area contributed by atoms with Gasteiger partial charge in [0, 0.05) is 5.22 Å². The van der Waals surface area contributed by atoms with E-state index < -0.39 is 0 Å². The van der Waals surface area contributed by atoms with Crippen molar-refractivity contribution in [3.05, 3.63) is 23.0 Å². The summed E-state index contributed by atoms with van der Waals surface area (Å²) in [6.45, 7) is 0. The third-order valence-electron chi connectivity index (χ3n) is 1.99. The third-order valence-corrected chi connectivity index (χ3v) is 3.08. The number of carbonyl (C=O) groups is 1. The molecule has 0 fully saturated rings. The molecule has 0 amide bonds. The van der Waals surface area contributed by atoms with Gasteiger partial charge in [-0.05, 0) is 0 Å². The van der Waals surface area contributed by atoms with Crippen molar-refractivity contribution < 1.29 is 4.79 Å². The maximum Gasteiger partial charge on any atom is 0.164 e. The van der Waals surface area contributed by atoms with E-state index in [2.05, 4.69) is 20.2 Å². The van der Waals surface area contributed by atoms with Gasteiger partial charge in [0.05, 0.1) is 22.7 Å². The van der Waals surface area contributed by atoms with E-state index >= 15 is 0 Å². The van der Waals surface area contributed by atoms with E-state index in [0.717, 1.165) is 21.8 Å².